The maximum Gasteiger partial charge on any atom is 0.272 e. The number of amides is 1. The summed E-state index contributed by atoms with van der Waals surface area (Å²) < 4.78 is 5.97. The lowest BCUT2D eigenvalue weighted by atomic mass is 10.1. The number of phenolic OH excluding ortho intramolecular Hbond substituents is 1. The van der Waals surface area contributed by atoms with Gasteiger partial charge in [0.05, 0.1) is 11.6 Å². The Morgan fingerprint density at radius 3 is 2.71 bits per heavy atom. The molecule has 6 heteroatoms. The van der Waals surface area contributed by atoms with Crippen LogP contribution in [0.3, 0.4) is 0 Å². The second kappa shape index (κ2) is 7.57. The summed E-state index contributed by atoms with van der Waals surface area (Å²) in [5, 5.41) is 19.8. The predicted molar refractivity (Wildman–Crippen MR) is 104 cm³/mol. The van der Waals surface area contributed by atoms with Crippen LogP contribution in [0.5, 0.6) is 11.5 Å². The Kier molecular flexibility index (Phi) is 4.81. The molecule has 0 unspecified atom stereocenters. The first-order valence-electron chi connectivity index (χ1n) is 9.19. The number of para-hydroxylation sites is 1. The number of fused-ring (bicyclic) bond motifs is 1. The average molecular weight is 373 g/mol. The average Bonchev–Trinajstić information content (AvgIpc) is 2.74. The third kappa shape index (κ3) is 3.60. The van der Waals surface area contributed by atoms with Crippen LogP contribution in [0.4, 0.5) is 0 Å². The molecule has 4 rings (SSSR count). The molecule has 3 aromatic rings. The van der Waals surface area contributed by atoms with Crippen LogP contribution in [0, 0.1) is 11.3 Å². The predicted octanol–water partition coefficient (Wildman–Crippen LogP) is 3.50. The van der Waals surface area contributed by atoms with Gasteiger partial charge in [0.2, 0.25) is 0 Å². The van der Waals surface area contributed by atoms with Gasteiger partial charge in [0.1, 0.15) is 28.8 Å². The highest BCUT2D eigenvalue weighted by atomic mass is 16.5. The van der Waals surface area contributed by atoms with E-state index in [9.17, 15) is 9.90 Å². The van der Waals surface area contributed by atoms with Gasteiger partial charge in [0.25, 0.3) is 5.91 Å². The van der Waals surface area contributed by atoms with Crippen molar-refractivity contribution in [2.24, 2.45) is 0 Å². The Hall–Kier alpha value is -3.59. The largest absolute Gasteiger partial charge is 0.506 e. The number of hydrogen-bond donors (Lipinski definition) is 1. The summed E-state index contributed by atoms with van der Waals surface area (Å²) in [6.07, 6.45) is 1.43. The number of rotatable bonds is 3. The van der Waals surface area contributed by atoms with Gasteiger partial charge in [-0.15, -0.1) is 0 Å². The number of carbonyl (C=O) groups excluding carboxylic acids is 1. The van der Waals surface area contributed by atoms with E-state index in [0.717, 1.165) is 5.39 Å². The summed E-state index contributed by atoms with van der Waals surface area (Å²) in [6.45, 7) is 1.14. The number of pyridine rings is 1. The van der Waals surface area contributed by atoms with Crippen LogP contribution in [-0.4, -0.2) is 40.1 Å². The standard InChI is InChI=1S/C22H19N3O3/c23-14-15-3-1-5-18(13-15)28-17-9-11-25(12-10-17)22(27)19-8-7-16-4-2-6-20(26)21(16)24-19/h1-8,13,17,26H,9-12H2. The van der Waals surface area contributed by atoms with Crippen molar-refractivity contribution < 1.29 is 14.6 Å². The number of aromatic hydroxyl groups is 1. The van der Waals surface area contributed by atoms with Crippen molar-refractivity contribution in [2.45, 2.75) is 18.9 Å². The SMILES string of the molecule is N#Cc1cccc(OC2CCN(C(=O)c3ccc4cccc(O)c4n3)CC2)c1. The molecule has 1 fully saturated rings. The zero-order chi connectivity index (χ0) is 19.5. The van der Waals surface area contributed by atoms with Crippen molar-refractivity contribution >= 4 is 16.8 Å². The molecule has 2 aromatic carbocycles. The zero-order valence-electron chi connectivity index (χ0n) is 15.2. The fraction of sp³-hybridized carbons (Fsp3) is 0.227. The van der Waals surface area contributed by atoms with E-state index in [2.05, 4.69) is 11.1 Å². The number of nitrogens with zero attached hydrogens (tertiary/aromatic N) is 3. The number of carbonyl (C=O) groups is 1. The van der Waals surface area contributed by atoms with E-state index in [4.69, 9.17) is 10.00 Å². The molecule has 2 heterocycles. The molecule has 1 aliphatic rings. The summed E-state index contributed by atoms with van der Waals surface area (Å²) in [5.41, 5.74) is 1.33. The summed E-state index contributed by atoms with van der Waals surface area (Å²) in [4.78, 5) is 18.9. The van der Waals surface area contributed by atoms with Gasteiger partial charge in [-0.1, -0.05) is 24.3 Å². The second-order valence-electron chi connectivity index (χ2n) is 6.79. The van der Waals surface area contributed by atoms with Gasteiger partial charge in [-0.05, 0) is 30.3 Å². The summed E-state index contributed by atoms with van der Waals surface area (Å²) in [6, 6.07) is 17.9. The van der Waals surface area contributed by atoms with Crippen LogP contribution in [-0.2, 0) is 0 Å². The van der Waals surface area contributed by atoms with Gasteiger partial charge in [-0.3, -0.25) is 4.79 Å². The van der Waals surface area contributed by atoms with Crippen molar-refractivity contribution in [3.63, 3.8) is 0 Å². The lowest BCUT2D eigenvalue weighted by Crippen LogP contribution is -2.42. The number of benzene rings is 2. The van der Waals surface area contributed by atoms with Gasteiger partial charge < -0.3 is 14.7 Å². The normalized spacial score (nSPS) is 14.6. The number of phenols is 1. The molecule has 140 valence electrons. The number of ether oxygens (including phenoxy) is 1. The van der Waals surface area contributed by atoms with Crippen molar-refractivity contribution in [3.8, 4) is 17.6 Å². The number of likely N-dealkylation sites (tertiary alicyclic amines) is 1. The molecule has 0 atom stereocenters. The fourth-order valence-corrected chi connectivity index (χ4v) is 3.42. The molecule has 0 saturated carbocycles. The monoisotopic (exact) mass is 373 g/mol. The highest BCUT2D eigenvalue weighted by Gasteiger charge is 2.25. The van der Waals surface area contributed by atoms with Crippen molar-refractivity contribution in [1.82, 2.24) is 9.88 Å². The highest BCUT2D eigenvalue weighted by molar-refractivity contribution is 5.96. The van der Waals surface area contributed by atoms with E-state index in [1.54, 1.807) is 47.4 Å². The molecule has 1 aliphatic heterocycles. The van der Waals surface area contributed by atoms with E-state index in [1.165, 1.54) is 0 Å². The van der Waals surface area contributed by atoms with Crippen LogP contribution < -0.4 is 4.74 Å². The van der Waals surface area contributed by atoms with Crippen molar-refractivity contribution in [1.29, 1.82) is 5.26 Å². The molecule has 0 aliphatic carbocycles. The molecule has 0 spiro atoms. The smallest absolute Gasteiger partial charge is 0.272 e. The maximum atomic E-state index is 12.8. The topological polar surface area (TPSA) is 86.5 Å². The zero-order valence-corrected chi connectivity index (χ0v) is 15.2. The minimum atomic E-state index is -0.143. The molecule has 1 saturated heterocycles. The van der Waals surface area contributed by atoms with E-state index in [-0.39, 0.29) is 17.8 Å². The van der Waals surface area contributed by atoms with E-state index in [0.29, 0.717) is 48.5 Å². The minimum Gasteiger partial charge on any atom is -0.506 e. The Bertz CT molecular complexity index is 1070. The third-order valence-electron chi connectivity index (χ3n) is 4.91. The first kappa shape index (κ1) is 17.8. The molecule has 1 amide bonds. The Balaban J connectivity index is 1.41. The molecule has 0 radical (unpaired) electrons. The molecule has 1 aromatic heterocycles. The summed E-state index contributed by atoms with van der Waals surface area (Å²) in [7, 11) is 0. The number of nitriles is 1. The quantitative estimate of drug-likeness (QED) is 0.759. The van der Waals surface area contributed by atoms with E-state index < -0.39 is 0 Å². The molecule has 6 nitrogen and oxygen atoms in total. The van der Waals surface area contributed by atoms with Crippen LogP contribution in [0.2, 0.25) is 0 Å². The minimum absolute atomic E-state index is 0.00611. The maximum absolute atomic E-state index is 12.8. The van der Waals surface area contributed by atoms with Crippen molar-refractivity contribution in [3.05, 3.63) is 65.9 Å². The van der Waals surface area contributed by atoms with Crippen molar-refractivity contribution in [2.75, 3.05) is 13.1 Å². The van der Waals surface area contributed by atoms with Gasteiger partial charge in [-0.2, -0.15) is 5.26 Å². The number of hydrogen-bond acceptors (Lipinski definition) is 5. The van der Waals surface area contributed by atoms with Crippen LogP contribution >= 0.6 is 0 Å². The lowest BCUT2D eigenvalue weighted by Gasteiger charge is -2.32. The van der Waals surface area contributed by atoms with Crippen LogP contribution in [0.25, 0.3) is 10.9 Å². The first-order chi connectivity index (χ1) is 13.6. The van der Waals surface area contributed by atoms with E-state index in [1.807, 2.05) is 12.1 Å². The summed E-state index contributed by atoms with van der Waals surface area (Å²) in [5.74, 6) is 0.601. The molecule has 1 N–H and O–H groups in total. The Labute approximate surface area is 162 Å². The van der Waals surface area contributed by atoms with Gasteiger partial charge in [0.15, 0.2) is 0 Å². The molecule has 28 heavy (non-hydrogen) atoms. The summed E-state index contributed by atoms with van der Waals surface area (Å²) >= 11 is 0. The van der Waals surface area contributed by atoms with Gasteiger partial charge in [-0.25, -0.2) is 4.98 Å². The molecule has 0 bridgehead atoms. The lowest BCUT2D eigenvalue weighted by molar-refractivity contribution is 0.0590. The van der Waals surface area contributed by atoms with Crippen LogP contribution in [0.1, 0.15) is 28.9 Å². The molecular weight excluding hydrogens is 354 g/mol. The van der Waals surface area contributed by atoms with E-state index >= 15 is 0 Å². The van der Waals surface area contributed by atoms with Crippen LogP contribution in [0.15, 0.2) is 54.6 Å². The number of aromatic nitrogens is 1. The highest BCUT2D eigenvalue weighted by Crippen LogP contribution is 2.24. The van der Waals surface area contributed by atoms with Gasteiger partial charge in [0, 0.05) is 31.3 Å². The number of piperidine rings is 1. The van der Waals surface area contributed by atoms with Gasteiger partial charge >= 0.3 is 0 Å². The Morgan fingerprint density at radius 2 is 1.93 bits per heavy atom. The fourth-order valence-electron chi connectivity index (χ4n) is 3.42. The second-order valence-corrected chi connectivity index (χ2v) is 6.79. The first-order valence-corrected chi connectivity index (χ1v) is 9.19. The molecular formula is C22H19N3O3. The Morgan fingerprint density at radius 1 is 1.14 bits per heavy atom. The third-order valence-corrected chi connectivity index (χ3v) is 4.91.